The third kappa shape index (κ3) is 2.81. The van der Waals surface area contributed by atoms with Gasteiger partial charge in [-0.3, -0.25) is 15.2 Å². The van der Waals surface area contributed by atoms with Crippen LogP contribution in [0.4, 0.5) is 5.69 Å². The van der Waals surface area contributed by atoms with Gasteiger partial charge in [0, 0.05) is 6.20 Å². The molecule has 1 saturated carbocycles. The zero-order valence-electron chi connectivity index (χ0n) is 16.2. The van der Waals surface area contributed by atoms with E-state index in [9.17, 15) is 4.79 Å². The van der Waals surface area contributed by atoms with E-state index in [1.807, 2.05) is 24.3 Å². The quantitative estimate of drug-likeness (QED) is 0.709. The molecule has 2 heterocycles. The molecule has 2 fully saturated rings. The lowest BCUT2D eigenvalue weighted by molar-refractivity contribution is -0.123. The second-order valence-corrected chi connectivity index (χ2v) is 7.86. The first-order chi connectivity index (χ1) is 14.1. The van der Waals surface area contributed by atoms with Gasteiger partial charge in [0.15, 0.2) is 0 Å². The van der Waals surface area contributed by atoms with Crippen molar-refractivity contribution in [3.63, 3.8) is 0 Å². The van der Waals surface area contributed by atoms with Gasteiger partial charge < -0.3 is 5.32 Å². The number of hydrogen-bond acceptors (Lipinski definition) is 3. The van der Waals surface area contributed by atoms with E-state index in [2.05, 4.69) is 47.6 Å². The summed E-state index contributed by atoms with van der Waals surface area (Å²) in [6.07, 6.45) is 5.24. The molecule has 5 heteroatoms. The van der Waals surface area contributed by atoms with Crippen molar-refractivity contribution in [2.24, 2.45) is 5.92 Å². The van der Waals surface area contributed by atoms with Crippen molar-refractivity contribution in [1.29, 1.82) is 5.41 Å². The third-order valence-corrected chi connectivity index (χ3v) is 5.84. The smallest absolute Gasteiger partial charge is 0.264 e. The van der Waals surface area contributed by atoms with Crippen LogP contribution in [0.1, 0.15) is 24.0 Å². The highest BCUT2D eigenvalue weighted by Gasteiger charge is 2.59. The highest BCUT2D eigenvalue weighted by molar-refractivity contribution is 6.24. The molecule has 2 aliphatic rings. The van der Waals surface area contributed by atoms with Crippen molar-refractivity contribution in [3.05, 3.63) is 84.2 Å². The Morgan fingerprint density at radius 3 is 2.52 bits per heavy atom. The largest absolute Gasteiger partial charge is 0.337 e. The van der Waals surface area contributed by atoms with Crippen LogP contribution in [0.5, 0.6) is 0 Å². The van der Waals surface area contributed by atoms with Crippen molar-refractivity contribution in [1.82, 2.24) is 10.3 Å². The number of benzene rings is 2. The maximum Gasteiger partial charge on any atom is 0.264 e. The van der Waals surface area contributed by atoms with Gasteiger partial charge in [-0.05, 0) is 60.6 Å². The topological polar surface area (TPSA) is 69.1 Å². The first-order valence-electron chi connectivity index (χ1n) is 9.88. The summed E-state index contributed by atoms with van der Waals surface area (Å²) >= 11 is 0. The van der Waals surface area contributed by atoms with E-state index in [0.29, 0.717) is 5.69 Å². The molecule has 0 radical (unpaired) electrons. The van der Waals surface area contributed by atoms with Gasteiger partial charge in [0.2, 0.25) is 5.96 Å². The number of amides is 1. The minimum Gasteiger partial charge on any atom is -0.337 e. The fraction of sp³-hybridized carbons (Fsp3) is 0.208. The number of aryl methyl sites for hydroxylation is 1. The predicted molar refractivity (Wildman–Crippen MR) is 114 cm³/mol. The molecule has 1 aliphatic heterocycles. The number of hydrogen-bond donors (Lipinski definition) is 2. The average Bonchev–Trinajstić information content (AvgIpc) is 3.55. The molecule has 5 nitrogen and oxygen atoms in total. The Labute approximate surface area is 169 Å². The number of nitrogens with zero attached hydrogens (tertiary/aromatic N) is 2. The maximum absolute atomic E-state index is 13.7. The molecule has 1 aliphatic carbocycles. The number of anilines is 1. The summed E-state index contributed by atoms with van der Waals surface area (Å²) in [5, 5.41) is 11.8. The molecule has 1 unspecified atom stereocenters. The highest BCUT2D eigenvalue weighted by atomic mass is 16.2. The Balaban J connectivity index is 1.61. The number of carbonyl (C=O) groups excluding carboxylic acids is 1. The first-order valence-corrected chi connectivity index (χ1v) is 9.88. The summed E-state index contributed by atoms with van der Waals surface area (Å²) in [6.45, 7) is 2.08. The molecule has 1 atom stereocenters. The lowest BCUT2D eigenvalue weighted by Gasteiger charge is -2.28. The van der Waals surface area contributed by atoms with Crippen LogP contribution in [-0.4, -0.2) is 16.9 Å². The van der Waals surface area contributed by atoms with Crippen LogP contribution >= 0.6 is 0 Å². The van der Waals surface area contributed by atoms with Crippen LogP contribution in [0, 0.1) is 18.3 Å². The van der Waals surface area contributed by atoms with E-state index in [1.54, 1.807) is 18.5 Å². The van der Waals surface area contributed by atoms with Gasteiger partial charge in [-0.25, -0.2) is 4.90 Å². The van der Waals surface area contributed by atoms with E-state index < -0.39 is 5.54 Å². The standard InChI is InChI=1S/C24H22N4O/c1-16-5-2-6-17(13-16)18-7-3-8-20(14-18)24(19-10-11-19)22(29)28(23(25)27-24)21-9-4-12-26-15-21/h2-9,12-15,19H,10-11H2,1H3,(H2,25,27). The Hall–Kier alpha value is -3.47. The molecule has 144 valence electrons. The monoisotopic (exact) mass is 382 g/mol. The second kappa shape index (κ2) is 6.55. The normalized spacial score (nSPS) is 21.3. The molecule has 3 aromatic rings. The van der Waals surface area contributed by atoms with Crippen molar-refractivity contribution < 1.29 is 4.79 Å². The van der Waals surface area contributed by atoms with Crippen molar-refractivity contribution in [3.8, 4) is 11.1 Å². The summed E-state index contributed by atoms with van der Waals surface area (Å²) < 4.78 is 0. The Kier molecular flexibility index (Phi) is 3.98. The molecule has 2 aromatic carbocycles. The van der Waals surface area contributed by atoms with Gasteiger partial charge in [-0.2, -0.15) is 0 Å². The van der Waals surface area contributed by atoms with Crippen LogP contribution in [0.3, 0.4) is 0 Å². The molecule has 5 rings (SSSR count). The minimum absolute atomic E-state index is 0.0978. The van der Waals surface area contributed by atoms with Crippen LogP contribution in [0.2, 0.25) is 0 Å². The predicted octanol–water partition coefficient (Wildman–Crippen LogP) is 4.23. The summed E-state index contributed by atoms with van der Waals surface area (Å²) in [4.78, 5) is 19.3. The molecular weight excluding hydrogens is 360 g/mol. The van der Waals surface area contributed by atoms with E-state index in [4.69, 9.17) is 5.41 Å². The first kappa shape index (κ1) is 17.6. The number of aromatic nitrogens is 1. The third-order valence-electron chi connectivity index (χ3n) is 5.84. The van der Waals surface area contributed by atoms with Crippen molar-refractivity contribution in [2.75, 3.05) is 4.90 Å². The van der Waals surface area contributed by atoms with Crippen molar-refractivity contribution >= 4 is 17.6 Å². The Morgan fingerprint density at radius 2 is 1.83 bits per heavy atom. The minimum atomic E-state index is -0.896. The summed E-state index contributed by atoms with van der Waals surface area (Å²) in [7, 11) is 0. The highest BCUT2D eigenvalue weighted by Crippen LogP contribution is 2.50. The molecule has 0 bridgehead atoms. The van der Waals surface area contributed by atoms with Gasteiger partial charge in [-0.1, -0.05) is 48.0 Å². The number of pyridine rings is 1. The number of rotatable bonds is 4. The zero-order valence-corrected chi connectivity index (χ0v) is 16.2. The number of guanidine groups is 1. The Morgan fingerprint density at radius 1 is 1.07 bits per heavy atom. The van der Waals surface area contributed by atoms with E-state index in [1.165, 1.54) is 10.5 Å². The van der Waals surface area contributed by atoms with Crippen molar-refractivity contribution in [2.45, 2.75) is 25.3 Å². The number of carbonyl (C=O) groups is 1. The van der Waals surface area contributed by atoms with Crippen LogP contribution in [0.15, 0.2) is 73.1 Å². The molecule has 1 amide bonds. The van der Waals surface area contributed by atoms with Gasteiger partial charge in [0.05, 0.1) is 11.9 Å². The molecule has 1 aromatic heterocycles. The number of nitrogens with one attached hydrogen (secondary N) is 2. The fourth-order valence-corrected chi connectivity index (χ4v) is 4.30. The summed E-state index contributed by atoms with van der Waals surface area (Å²) in [6, 6.07) is 20.1. The second-order valence-electron chi connectivity index (χ2n) is 7.86. The summed E-state index contributed by atoms with van der Waals surface area (Å²) in [5.41, 5.74) is 4.04. The lowest BCUT2D eigenvalue weighted by atomic mass is 9.83. The van der Waals surface area contributed by atoms with Crippen LogP contribution in [-0.2, 0) is 10.3 Å². The van der Waals surface area contributed by atoms with Gasteiger partial charge in [-0.15, -0.1) is 0 Å². The fourth-order valence-electron chi connectivity index (χ4n) is 4.30. The molecule has 0 spiro atoms. The SMILES string of the molecule is Cc1cccc(-c2cccc(C3(C4CC4)NC(=N)N(c4cccnc4)C3=O)c2)c1. The molecule has 29 heavy (non-hydrogen) atoms. The van der Waals surface area contributed by atoms with Gasteiger partial charge in [0.1, 0.15) is 5.54 Å². The van der Waals surface area contributed by atoms with Crippen LogP contribution < -0.4 is 10.2 Å². The van der Waals surface area contributed by atoms with E-state index in [0.717, 1.165) is 29.5 Å². The molecule has 2 N–H and O–H groups in total. The zero-order chi connectivity index (χ0) is 20.0. The maximum atomic E-state index is 13.7. The molecule has 1 saturated heterocycles. The Bertz CT molecular complexity index is 1110. The lowest BCUT2D eigenvalue weighted by Crippen LogP contribution is -2.46. The molecular formula is C24H22N4O. The van der Waals surface area contributed by atoms with Gasteiger partial charge >= 0.3 is 0 Å². The van der Waals surface area contributed by atoms with E-state index in [-0.39, 0.29) is 17.8 Å². The summed E-state index contributed by atoms with van der Waals surface area (Å²) in [5.74, 6) is 0.194. The van der Waals surface area contributed by atoms with E-state index >= 15 is 0 Å². The average molecular weight is 382 g/mol. The van der Waals surface area contributed by atoms with Gasteiger partial charge in [0.25, 0.3) is 5.91 Å². The van der Waals surface area contributed by atoms with Crippen LogP contribution in [0.25, 0.3) is 11.1 Å².